The van der Waals surface area contributed by atoms with E-state index < -0.39 is 0 Å². The summed E-state index contributed by atoms with van der Waals surface area (Å²) < 4.78 is 0. The van der Waals surface area contributed by atoms with Gasteiger partial charge >= 0.3 is 16.5 Å². The molecule has 136 valence electrons. The maximum absolute atomic E-state index is 10.9. The van der Waals surface area contributed by atoms with Crippen LogP contribution < -0.4 is 10.6 Å². The Morgan fingerprint density at radius 2 is 1.00 bits per heavy atom. The molecule has 0 fully saturated rings. The van der Waals surface area contributed by atoms with Crippen LogP contribution in [0.4, 0.5) is 11.4 Å². The van der Waals surface area contributed by atoms with Gasteiger partial charge in [-0.2, -0.15) is 0 Å². The van der Waals surface area contributed by atoms with Crippen molar-refractivity contribution in [3.63, 3.8) is 0 Å². The molecule has 2 aromatic rings. The van der Waals surface area contributed by atoms with E-state index in [0.717, 1.165) is 11.4 Å². The Labute approximate surface area is 169 Å². The molecule has 0 aromatic heterocycles. The normalized spacial score (nSPS) is 9.12. The van der Waals surface area contributed by atoms with Crippen LogP contribution in [0, 0.1) is 13.8 Å². The molecule has 2 amide bonds. The van der Waals surface area contributed by atoms with Crippen LogP contribution in [0.3, 0.4) is 0 Å². The minimum Gasteiger partial charge on any atom is -0.783 e. The van der Waals surface area contributed by atoms with E-state index >= 15 is 0 Å². The van der Waals surface area contributed by atoms with Crippen LogP contribution in [0.15, 0.2) is 48.5 Å². The minimum atomic E-state index is -0.131. The monoisotopic (exact) mass is 418 g/mol. The summed E-state index contributed by atoms with van der Waals surface area (Å²) in [4.78, 5) is 21.7. The quantitative estimate of drug-likeness (QED) is 0.591. The summed E-state index contributed by atoms with van der Waals surface area (Å²) in [6, 6.07) is 15.2. The molecule has 2 aromatic carbocycles. The zero-order chi connectivity index (χ0) is 17.9. The fourth-order valence-corrected chi connectivity index (χ4v) is 1.81. The van der Waals surface area contributed by atoms with Crippen LogP contribution in [0.1, 0.15) is 11.1 Å². The predicted octanol–water partition coefficient (Wildman–Crippen LogP) is 2.96. The molecule has 0 atom stereocenters. The van der Waals surface area contributed by atoms with Gasteiger partial charge < -0.3 is 35.9 Å². The number of carbonyl (C=O) groups excluding carboxylic acids is 2. The summed E-state index contributed by atoms with van der Waals surface area (Å²) in [7, 11) is 0. The molecule has 0 aliphatic rings. The van der Waals surface area contributed by atoms with E-state index in [4.69, 9.17) is 0 Å². The molecule has 0 heterocycles. The third-order valence-electron chi connectivity index (χ3n) is 2.93. The van der Waals surface area contributed by atoms with Gasteiger partial charge in [-0.25, -0.2) is 0 Å². The van der Waals surface area contributed by atoms with Crippen molar-refractivity contribution in [1.82, 2.24) is 0 Å². The Kier molecular flexibility index (Phi) is 12.1. The van der Waals surface area contributed by atoms with Crippen molar-refractivity contribution < 1.29 is 26.1 Å². The van der Waals surface area contributed by atoms with E-state index in [1.54, 1.807) is 0 Å². The molecule has 2 N–H and O–H groups in total. The fourth-order valence-electron chi connectivity index (χ4n) is 1.67. The van der Waals surface area contributed by atoms with Gasteiger partial charge in [0.15, 0.2) is 11.8 Å². The van der Waals surface area contributed by atoms with E-state index in [2.05, 4.69) is 35.9 Å². The van der Waals surface area contributed by atoms with Crippen molar-refractivity contribution in [3.05, 3.63) is 59.7 Å². The largest absolute Gasteiger partial charge is 2.00 e. The molecule has 25 heavy (non-hydrogen) atoms. The number of rotatable bonds is 4. The summed E-state index contributed by atoms with van der Waals surface area (Å²) in [5.41, 5.74) is 3.95. The van der Waals surface area contributed by atoms with Crippen LogP contribution in [-0.4, -0.2) is 23.3 Å². The Balaban J connectivity index is 0.000000443. The van der Waals surface area contributed by atoms with Crippen LogP contribution in [0.25, 0.3) is 0 Å². The Morgan fingerprint density at radius 3 is 1.24 bits per heavy atom. The van der Waals surface area contributed by atoms with Gasteiger partial charge in [0.05, 0.1) is 0 Å². The first-order chi connectivity index (χ1) is 11.4. The summed E-state index contributed by atoms with van der Waals surface area (Å²) in [5.74, 6) is -0.0513. The average molecular weight is 419 g/mol. The number of aryl methyl sites for hydroxylation is 2. The summed E-state index contributed by atoms with van der Waals surface area (Å²) in [6.07, 6.45) is 0. The topological polar surface area (TPSA) is 58.2 Å². The summed E-state index contributed by atoms with van der Waals surface area (Å²) in [6.45, 7) is 4.00. The molecule has 7 heteroatoms. The van der Waals surface area contributed by atoms with Crippen molar-refractivity contribution in [3.8, 4) is 0 Å². The molecule has 2 rings (SSSR count). The van der Waals surface area contributed by atoms with Gasteiger partial charge in [0.25, 0.3) is 0 Å². The molecule has 0 aliphatic heterocycles. The SMILES string of the molecule is Cc1ccc(NC(=O)C[S-])cc1.Cc1ccc(NC(=O)C[S-])cc1.[Ni+2]. The first-order valence-corrected chi connectivity index (χ1v) is 8.49. The molecule has 0 saturated heterocycles. The molecule has 0 spiro atoms. The number of amides is 2. The number of benzene rings is 2. The maximum Gasteiger partial charge on any atom is 2.00 e. The number of hydrogen-bond donors (Lipinski definition) is 2. The van der Waals surface area contributed by atoms with Gasteiger partial charge in [0, 0.05) is 11.4 Å². The predicted molar refractivity (Wildman–Crippen MR) is 104 cm³/mol. The zero-order valence-corrected chi connectivity index (χ0v) is 16.6. The van der Waals surface area contributed by atoms with Crippen molar-refractivity contribution in [2.24, 2.45) is 0 Å². The smallest absolute Gasteiger partial charge is 0.783 e. The second-order valence-corrected chi connectivity index (χ2v) is 5.69. The molecule has 0 aliphatic carbocycles. The van der Waals surface area contributed by atoms with Crippen molar-refractivity contribution >= 4 is 48.4 Å². The summed E-state index contributed by atoms with van der Waals surface area (Å²) in [5, 5.41) is 5.35. The van der Waals surface area contributed by atoms with Crippen molar-refractivity contribution in [2.45, 2.75) is 13.8 Å². The van der Waals surface area contributed by atoms with Gasteiger partial charge in [-0.3, -0.25) is 9.59 Å². The van der Waals surface area contributed by atoms with Crippen LogP contribution >= 0.6 is 0 Å². The maximum atomic E-state index is 10.9. The first-order valence-electron chi connectivity index (χ1n) is 7.34. The fraction of sp³-hybridized carbons (Fsp3) is 0.222. The number of carbonyl (C=O) groups is 2. The molecular weight excluding hydrogens is 399 g/mol. The van der Waals surface area contributed by atoms with E-state index in [1.807, 2.05) is 62.4 Å². The van der Waals surface area contributed by atoms with E-state index in [-0.39, 0.29) is 39.8 Å². The molecule has 0 saturated carbocycles. The van der Waals surface area contributed by atoms with Crippen molar-refractivity contribution in [2.75, 3.05) is 22.1 Å². The van der Waals surface area contributed by atoms with E-state index in [1.165, 1.54) is 11.1 Å². The second-order valence-electron chi connectivity index (χ2n) is 5.12. The molecular formula is C18H20N2NiO2S2. The Hall–Kier alpha value is -1.43. The van der Waals surface area contributed by atoms with Gasteiger partial charge in [0.1, 0.15) is 0 Å². The third kappa shape index (κ3) is 10.2. The van der Waals surface area contributed by atoms with Gasteiger partial charge in [-0.1, -0.05) is 46.9 Å². The van der Waals surface area contributed by atoms with Crippen molar-refractivity contribution in [1.29, 1.82) is 0 Å². The van der Waals surface area contributed by atoms with Crippen LogP contribution in [0.5, 0.6) is 0 Å². The van der Waals surface area contributed by atoms with Crippen LogP contribution in [0.2, 0.25) is 0 Å². The van der Waals surface area contributed by atoms with Gasteiger partial charge in [-0.15, -0.1) is 0 Å². The second kappa shape index (κ2) is 12.9. The van der Waals surface area contributed by atoms with E-state index in [0.29, 0.717) is 0 Å². The van der Waals surface area contributed by atoms with Gasteiger partial charge in [0.2, 0.25) is 0 Å². The first kappa shape index (κ1) is 23.6. The molecule has 4 nitrogen and oxygen atoms in total. The van der Waals surface area contributed by atoms with Gasteiger partial charge in [-0.05, 0) is 38.1 Å². The zero-order valence-electron chi connectivity index (χ0n) is 14.0. The standard InChI is InChI=1S/2C9H11NOS.Ni/c2*1-7-2-4-8(5-3-7)10-9(11)6-12;/h2*2-5,12H,6H2,1H3,(H,10,11);/q;;+2/p-2. The number of hydrogen-bond acceptors (Lipinski definition) is 4. The third-order valence-corrected chi connectivity index (χ3v) is 3.46. The van der Waals surface area contributed by atoms with Crippen LogP contribution in [-0.2, 0) is 51.3 Å². The Morgan fingerprint density at radius 1 is 0.720 bits per heavy atom. The summed E-state index contributed by atoms with van der Waals surface area (Å²) >= 11 is 9.18. The minimum absolute atomic E-state index is 0. The molecule has 0 unspecified atom stereocenters. The van der Waals surface area contributed by atoms with E-state index in [9.17, 15) is 9.59 Å². The Bertz CT molecular complexity index is 602. The molecule has 0 bridgehead atoms. The number of nitrogens with one attached hydrogen (secondary N) is 2. The molecule has 0 radical (unpaired) electrons. The number of anilines is 2. The average Bonchev–Trinajstić information content (AvgIpc) is 2.59.